The van der Waals surface area contributed by atoms with Gasteiger partial charge in [-0.05, 0) is 48.3 Å². The first-order valence-electron chi connectivity index (χ1n) is 10.7. The molecule has 1 atom stereocenters. The van der Waals surface area contributed by atoms with Gasteiger partial charge in [0, 0.05) is 31.4 Å². The second-order valence-corrected chi connectivity index (χ2v) is 9.57. The molecule has 1 fully saturated rings. The molecule has 1 unspecified atom stereocenters. The van der Waals surface area contributed by atoms with Crippen LogP contribution in [0.2, 0.25) is 0 Å². The zero-order chi connectivity index (χ0) is 24.4. The van der Waals surface area contributed by atoms with Crippen LogP contribution in [-0.4, -0.2) is 34.6 Å². The van der Waals surface area contributed by atoms with E-state index < -0.39 is 17.5 Å². The van der Waals surface area contributed by atoms with E-state index in [2.05, 4.69) is 25.3 Å². The van der Waals surface area contributed by atoms with Gasteiger partial charge in [-0.3, -0.25) is 0 Å². The smallest absolute Gasteiger partial charge is 0.220 e. The molecule has 2 aromatic carbocycles. The molecule has 0 radical (unpaired) electrons. The van der Waals surface area contributed by atoms with E-state index in [1.165, 1.54) is 17.4 Å². The maximum absolute atomic E-state index is 15.7. The first kappa shape index (κ1) is 23.5. The lowest BCUT2D eigenvalue weighted by Gasteiger charge is -2.22. The quantitative estimate of drug-likeness (QED) is 0.276. The monoisotopic (exact) mass is 515 g/mol. The van der Waals surface area contributed by atoms with E-state index in [0.29, 0.717) is 22.8 Å². The van der Waals surface area contributed by atoms with Gasteiger partial charge >= 0.3 is 0 Å². The first-order chi connectivity index (χ1) is 17.0. The van der Waals surface area contributed by atoms with Crippen molar-refractivity contribution in [2.24, 2.45) is 0 Å². The molecule has 1 saturated heterocycles. The minimum atomic E-state index is -0.609. The number of benzene rings is 2. The topological polar surface area (TPSA) is 101 Å². The van der Waals surface area contributed by atoms with E-state index in [-0.39, 0.29) is 28.1 Å². The fraction of sp³-hybridized carbons (Fsp3) is 0.174. The Morgan fingerprint density at radius 2 is 1.97 bits per heavy atom. The Morgan fingerprint density at radius 3 is 2.77 bits per heavy atom. The minimum absolute atomic E-state index is 0.0128. The number of aromatic nitrogens is 3. The second kappa shape index (κ2) is 10.2. The average molecular weight is 516 g/mol. The summed E-state index contributed by atoms with van der Waals surface area (Å²) in [6.45, 7) is 2.34. The molecule has 0 aliphatic carbocycles. The Hall–Kier alpha value is -3.19. The molecule has 3 heterocycles. The van der Waals surface area contributed by atoms with Crippen LogP contribution in [0, 0.1) is 17.5 Å². The molecule has 0 saturated carbocycles. The molecule has 12 heteroatoms. The lowest BCUT2D eigenvalue weighted by atomic mass is 10.1. The van der Waals surface area contributed by atoms with Gasteiger partial charge in [0.2, 0.25) is 5.95 Å². The van der Waals surface area contributed by atoms with Gasteiger partial charge in [0.25, 0.3) is 0 Å². The van der Waals surface area contributed by atoms with Crippen LogP contribution in [0.4, 0.5) is 24.8 Å². The number of halogens is 3. The number of thiazole rings is 1. The summed E-state index contributed by atoms with van der Waals surface area (Å²) >= 11 is 2.19. The Balaban J connectivity index is 1.53. The molecule has 35 heavy (non-hydrogen) atoms. The van der Waals surface area contributed by atoms with E-state index >= 15 is 4.39 Å². The van der Waals surface area contributed by atoms with Gasteiger partial charge in [-0.25, -0.2) is 28.1 Å². The highest BCUT2D eigenvalue weighted by Crippen LogP contribution is 2.40. The lowest BCUT2D eigenvalue weighted by molar-refractivity contribution is 0.429. The van der Waals surface area contributed by atoms with Crippen LogP contribution in [-0.2, 0) is 0 Å². The molecule has 180 valence electrons. The molecule has 0 amide bonds. The van der Waals surface area contributed by atoms with Crippen LogP contribution in [0.5, 0.6) is 0 Å². The molecule has 1 aliphatic heterocycles. The molecule has 2 aromatic heterocycles. The lowest BCUT2D eigenvalue weighted by Crippen LogP contribution is -2.42. The summed E-state index contributed by atoms with van der Waals surface area (Å²) in [5, 5.41) is 7.53. The van der Waals surface area contributed by atoms with E-state index in [1.54, 1.807) is 24.4 Å². The van der Waals surface area contributed by atoms with Crippen LogP contribution < -0.4 is 21.1 Å². The Morgan fingerprint density at radius 1 is 1.09 bits per heavy atom. The SMILES string of the molecule is Nc1nccc(-c2sc(C3CNCCN3)nc2-c2cccc(NSc3cc(F)ccc3F)c2F)n1. The van der Waals surface area contributed by atoms with Crippen molar-refractivity contribution in [1.29, 1.82) is 0 Å². The Labute approximate surface area is 207 Å². The van der Waals surface area contributed by atoms with Crippen molar-refractivity contribution in [3.63, 3.8) is 0 Å². The number of nitrogen functional groups attached to an aromatic ring is 1. The van der Waals surface area contributed by atoms with E-state index in [4.69, 9.17) is 10.7 Å². The summed E-state index contributed by atoms with van der Waals surface area (Å²) in [6, 6.07) is 9.57. The third-order valence-corrected chi connectivity index (χ3v) is 7.35. The van der Waals surface area contributed by atoms with Gasteiger partial charge in [0.1, 0.15) is 16.6 Å². The second-order valence-electron chi connectivity index (χ2n) is 7.69. The normalized spacial score (nSPS) is 15.8. The van der Waals surface area contributed by atoms with Crippen molar-refractivity contribution in [3.8, 4) is 21.8 Å². The number of hydrogen-bond donors (Lipinski definition) is 4. The van der Waals surface area contributed by atoms with Gasteiger partial charge in [-0.15, -0.1) is 11.3 Å². The van der Waals surface area contributed by atoms with E-state index in [1.807, 2.05) is 0 Å². The number of nitrogens with two attached hydrogens (primary N) is 1. The molecular weight excluding hydrogens is 495 g/mol. The van der Waals surface area contributed by atoms with Crippen molar-refractivity contribution >= 4 is 34.9 Å². The van der Waals surface area contributed by atoms with Gasteiger partial charge in [0.05, 0.1) is 32.9 Å². The number of piperazine rings is 1. The van der Waals surface area contributed by atoms with Crippen LogP contribution in [0.15, 0.2) is 53.6 Å². The van der Waals surface area contributed by atoms with E-state index in [9.17, 15) is 8.78 Å². The van der Waals surface area contributed by atoms with Crippen LogP contribution in [0.1, 0.15) is 11.0 Å². The number of rotatable bonds is 6. The van der Waals surface area contributed by atoms with Crippen molar-refractivity contribution in [3.05, 3.63) is 71.1 Å². The van der Waals surface area contributed by atoms with Gasteiger partial charge in [-0.2, -0.15) is 0 Å². The minimum Gasteiger partial charge on any atom is -0.368 e. The molecule has 1 aliphatic rings. The zero-order valence-corrected chi connectivity index (χ0v) is 19.8. The van der Waals surface area contributed by atoms with E-state index in [0.717, 1.165) is 48.2 Å². The number of nitrogens with one attached hydrogen (secondary N) is 3. The van der Waals surface area contributed by atoms with Crippen molar-refractivity contribution in [2.45, 2.75) is 10.9 Å². The highest BCUT2D eigenvalue weighted by atomic mass is 32.2. The van der Waals surface area contributed by atoms with Gasteiger partial charge in [0.15, 0.2) is 5.82 Å². The summed E-state index contributed by atoms with van der Waals surface area (Å²) in [7, 11) is 0. The predicted octanol–water partition coefficient (Wildman–Crippen LogP) is 4.62. The molecule has 5 N–H and O–H groups in total. The molecule has 5 rings (SSSR count). The molecule has 0 bridgehead atoms. The average Bonchev–Trinajstić information content (AvgIpc) is 3.31. The zero-order valence-electron chi connectivity index (χ0n) is 18.2. The Kier molecular flexibility index (Phi) is 6.86. The van der Waals surface area contributed by atoms with Crippen molar-refractivity contribution in [2.75, 3.05) is 30.1 Å². The summed E-state index contributed by atoms with van der Waals surface area (Å²) < 4.78 is 46.0. The number of anilines is 2. The fourth-order valence-electron chi connectivity index (χ4n) is 3.63. The number of hydrogen-bond acceptors (Lipinski definition) is 9. The summed E-state index contributed by atoms with van der Waals surface area (Å²) in [4.78, 5) is 13.7. The first-order valence-corrected chi connectivity index (χ1v) is 12.3. The Bertz CT molecular complexity index is 1360. The maximum atomic E-state index is 15.7. The van der Waals surface area contributed by atoms with Crippen LogP contribution in [0.25, 0.3) is 21.8 Å². The fourth-order valence-corrected chi connectivity index (χ4v) is 5.47. The highest BCUT2D eigenvalue weighted by Gasteiger charge is 2.25. The highest BCUT2D eigenvalue weighted by molar-refractivity contribution is 8.00. The van der Waals surface area contributed by atoms with Gasteiger partial charge < -0.3 is 21.1 Å². The molecule has 0 spiro atoms. The van der Waals surface area contributed by atoms with Crippen LogP contribution >= 0.6 is 23.3 Å². The summed E-state index contributed by atoms with van der Waals surface area (Å²) in [6.07, 6.45) is 1.54. The van der Waals surface area contributed by atoms with Crippen molar-refractivity contribution in [1.82, 2.24) is 25.6 Å². The summed E-state index contributed by atoms with van der Waals surface area (Å²) in [5.74, 6) is -1.67. The third-order valence-electron chi connectivity index (χ3n) is 5.31. The molecular formula is C23H20F3N7S2. The summed E-state index contributed by atoms with van der Waals surface area (Å²) in [5.41, 5.74) is 7.10. The predicted molar refractivity (Wildman–Crippen MR) is 132 cm³/mol. The van der Waals surface area contributed by atoms with Gasteiger partial charge in [-0.1, -0.05) is 6.07 Å². The maximum Gasteiger partial charge on any atom is 0.220 e. The number of nitrogens with zero attached hydrogens (tertiary/aromatic N) is 3. The largest absolute Gasteiger partial charge is 0.368 e. The van der Waals surface area contributed by atoms with Crippen molar-refractivity contribution < 1.29 is 13.2 Å². The molecule has 4 aromatic rings. The third kappa shape index (κ3) is 5.10. The molecule has 7 nitrogen and oxygen atoms in total. The van der Waals surface area contributed by atoms with Crippen LogP contribution in [0.3, 0.4) is 0 Å². The standard InChI is InChI=1S/C23H20F3N7S2/c24-12-4-5-14(25)18(10-12)35-33-15-3-1-2-13(19(15)26)20-21(16-6-7-30-23(27)31-16)34-22(32-20)17-11-28-8-9-29-17/h1-7,10,17,28-29,33H,8-9,11H2,(H2,27,30,31).